The Kier molecular flexibility index (Phi) is 4.37. The highest BCUT2D eigenvalue weighted by Crippen LogP contribution is 2.24. The highest BCUT2D eigenvalue weighted by molar-refractivity contribution is 5.28. The van der Waals surface area contributed by atoms with Crippen molar-refractivity contribution in [2.24, 2.45) is 7.05 Å². The number of aromatic nitrogens is 4. The number of hydrogen-bond acceptors (Lipinski definition) is 3. The Bertz CT molecular complexity index is 526. The maximum absolute atomic E-state index is 4.45. The Balaban J connectivity index is 2.38. The lowest BCUT2D eigenvalue weighted by Gasteiger charge is -2.19. The first-order valence-corrected chi connectivity index (χ1v) is 6.92. The van der Waals surface area contributed by atoms with Crippen LogP contribution < -0.4 is 5.32 Å². The number of nitrogens with zero attached hydrogens (tertiary/aromatic N) is 4. The highest BCUT2D eigenvalue weighted by Gasteiger charge is 2.21. The molecule has 0 aliphatic heterocycles. The zero-order chi connectivity index (χ0) is 13.8. The van der Waals surface area contributed by atoms with Gasteiger partial charge in [-0.05, 0) is 32.9 Å². The molecule has 19 heavy (non-hydrogen) atoms. The fourth-order valence-electron chi connectivity index (χ4n) is 2.42. The van der Waals surface area contributed by atoms with Crippen molar-refractivity contribution >= 4 is 0 Å². The van der Waals surface area contributed by atoms with Gasteiger partial charge in [-0.3, -0.25) is 9.36 Å². The van der Waals surface area contributed by atoms with Gasteiger partial charge >= 0.3 is 0 Å². The Hall–Kier alpha value is -1.62. The molecule has 5 nitrogen and oxygen atoms in total. The van der Waals surface area contributed by atoms with Gasteiger partial charge in [0.05, 0.1) is 17.4 Å². The second kappa shape index (κ2) is 6.02. The van der Waals surface area contributed by atoms with Crippen molar-refractivity contribution in [1.82, 2.24) is 24.9 Å². The summed E-state index contributed by atoms with van der Waals surface area (Å²) in [6.45, 7) is 8.21. The predicted molar refractivity (Wildman–Crippen MR) is 76.0 cm³/mol. The first kappa shape index (κ1) is 13.8. The number of aryl methyl sites for hydroxylation is 3. The van der Waals surface area contributed by atoms with Gasteiger partial charge in [-0.2, -0.15) is 10.2 Å². The second-order valence-electron chi connectivity index (χ2n) is 4.80. The molecule has 104 valence electrons. The van der Waals surface area contributed by atoms with Gasteiger partial charge in [-0.25, -0.2) is 0 Å². The molecule has 2 aromatic rings. The fraction of sp³-hybridized carbons (Fsp3) is 0.571. The fourth-order valence-corrected chi connectivity index (χ4v) is 2.42. The van der Waals surface area contributed by atoms with Crippen LogP contribution in [0.5, 0.6) is 0 Å². The van der Waals surface area contributed by atoms with Crippen LogP contribution in [0.3, 0.4) is 0 Å². The summed E-state index contributed by atoms with van der Waals surface area (Å²) < 4.78 is 3.91. The molecular weight excluding hydrogens is 238 g/mol. The van der Waals surface area contributed by atoms with Gasteiger partial charge in [0.15, 0.2) is 0 Å². The van der Waals surface area contributed by atoms with Gasteiger partial charge in [0.1, 0.15) is 0 Å². The molecule has 0 aliphatic carbocycles. The van der Waals surface area contributed by atoms with Crippen molar-refractivity contribution in [3.63, 3.8) is 0 Å². The Morgan fingerprint density at radius 1 is 1.37 bits per heavy atom. The number of nitrogens with one attached hydrogen (secondary N) is 1. The molecule has 0 spiro atoms. The maximum atomic E-state index is 4.45. The van der Waals surface area contributed by atoms with Crippen molar-refractivity contribution in [3.8, 4) is 0 Å². The van der Waals surface area contributed by atoms with E-state index in [0.717, 1.165) is 25.2 Å². The molecule has 0 fully saturated rings. The van der Waals surface area contributed by atoms with E-state index in [-0.39, 0.29) is 6.04 Å². The third-order valence-corrected chi connectivity index (χ3v) is 3.31. The van der Waals surface area contributed by atoms with Gasteiger partial charge in [0, 0.05) is 31.5 Å². The molecular formula is C14H23N5. The first-order valence-electron chi connectivity index (χ1n) is 6.92. The van der Waals surface area contributed by atoms with E-state index in [1.807, 2.05) is 22.6 Å². The molecule has 2 rings (SSSR count). The molecule has 0 aliphatic rings. The van der Waals surface area contributed by atoms with Gasteiger partial charge in [-0.15, -0.1) is 0 Å². The molecule has 5 heteroatoms. The average molecular weight is 261 g/mol. The van der Waals surface area contributed by atoms with Gasteiger partial charge < -0.3 is 5.32 Å². The summed E-state index contributed by atoms with van der Waals surface area (Å²) in [5, 5.41) is 12.4. The van der Waals surface area contributed by atoms with Crippen LogP contribution in [-0.4, -0.2) is 26.1 Å². The molecule has 1 N–H and O–H groups in total. The summed E-state index contributed by atoms with van der Waals surface area (Å²) >= 11 is 0. The lowest BCUT2D eigenvalue weighted by atomic mass is 10.0. The van der Waals surface area contributed by atoms with E-state index >= 15 is 0 Å². The first-order chi connectivity index (χ1) is 9.17. The molecule has 0 saturated carbocycles. The van der Waals surface area contributed by atoms with Crippen molar-refractivity contribution < 1.29 is 0 Å². The van der Waals surface area contributed by atoms with Crippen molar-refractivity contribution in [3.05, 3.63) is 35.4 Å². The molecule has 1 atom stereocenters. The maximum Gasteiger partial charge on any atom is 0.0781 e. The van der Waals surface area contributed by atoms with Gasteiger partial charge in [-0.1, -0.05) is 6.92 Å². The summed E-state index contributed by atoms with van der Waals surface area (Å²) in [5.74, 6) is 0. The minimum atomic E-state index is 0.163. The average Bonchev–Trinajstić information content (AvgIpc) is 2.97. The van der Waals surface area contributed by atoms with E-state index < -0.39 is 0 Å². The molecule has 0 amide bonds. The number of rotatable bonds is 6. The van der Waals surface area contributed by atoms with Crippen LogP contribution in [0, 0.1) is 6.92 Å². The third-order valence-electron chi connectivity index (χ3n) is 3.31. The van der Waals surface area contributed by atoms with E-state index in [1.54, 1.807) is 0 Å². The molecule has 0 bridgehead atoms. The lowest BCUT2D eigenvalue weighted by Crippen LogP contribution is -2.26. The van der Waals surface area contributed by atoms with E-state index in [1.165, 1.54) is 11.3 Å². The zero-order valence-corrected chi connectivity index (χ0v) is 12.2. The summed E-state index contributed by atoms with van der Waals surface area (Å²) in [6.07, 6.45) is 5.07. The van der Waals surface area contributed by atoms with Crippen LogP contribution in [0.25, 0.3) is 0 Å². The molecule has 0 radical (unpaired) electrons. The van der Waals surface area contributed by atoms with Crippen LogP contribution in [0.4, 0.5) is 0 Å². The van der Waals surface area contributed by atoms with Crippen LogP contribution >= 0.6 is 0 Å². The van der Waals surface area contributed by atoms with Crippen molar-refractivity contribution in [2.45, 2.75) is 39.8 Å². The van der Waals surface area contributed by atoms with Crippen molar-refractivity contribution in [2.75, 3.05) is 6.54 Å². The quantitative estimate of drug-likeness (QED) is 0.865. The van der Waals surface area contributed by atoms with E-state index in [2.05, 4.69) is 48.5 Å². The molecule has 0 aromatic carbocycles. The largest absolute Gasteiger partial charge is 0.305 e. The summed E-state index contributed by atoms with van der Waals surface area (Å²) in [6, 6.07) is 2.25. The minimum absolute atomic E-state index is 0.163. The van der Waals surface area contributed by atoms with Crippen LogP contribution in [0.2, 0.25) is 0 Å². The van der Waals surface area contributed by atoms with Crippen LogP contribution in [-0.2, 0) is 13.6 Å². The Morgan fingerprint density at radius 2 is 2.16 bits per heavy atom. The summed E-state index contributed by atoms with van der Waals surface area (Å²) in [7, 11) is 1.96. The molecule has 2 aromatic heterocycles. The third kappa shape index (κ3) is 2.87. The molecule has 0 saturated heterocycles. The molecule has 2 heterocycles. The number of hydrogen-bond donors (Lipinski definition) is 1. The smallest absolute Gasteiger partial charge is 0.0781 e. The lowest BCUT2D eigenvalue weighted by molar-refractivity contribution is 0.528. The topological polar surface area (TPSA) is 47.7 Å². The van der Waals surface area contributed by atoms with Crippen LogP contribution in [0.15, 0.2) is 18.5 Å². The Labute approximate surface area is 114 Å². The molecule has 1 unspecified atom stereocenters. The van der Waals surface area contributed by atoms with E-state index in [4.69, 9.17) is 0 Å². The summed E-state index contributed by atoms with van der Waals surface area (Å²) in [4.78, 5) is 0. The SMILES string of the molecule is CCCNC(c1cn(C)nc1C)c1ccnn1CC. The zero-order valence-electron chi connectivity index (χ0n) is 12.2. The normalized spacial score (nSPS) is 12.8. The van der Waals surface area contributed by atoms with Crippen LogP contribution in [0.1, 0.15) is 43.3 Å². The van der Waals surface area contributed by atoms with Gasteiger partial charge in [0.2, 0.25) is 0 Å². The second-order valence-corrected chi connectivity index (χ2v) is 4.80. The van der Waals surface area contributed by atoms with Crippen molar-refractivity contribution in [1.29, 1.82) is 0 Å². The predicted octanol–water partition coefficient (Wildman–Crippen LogP) is 2.03. The van der Waals surface area contributed by atoms with E-state index in [0.29, 0.717) is 0 Å². The monoisotopic (exact) mass is 261 g/mol. The van der Waals surface area contributed by atoms with Gasteiger partial charge in [0.25, 0.3) is 0 Å². The Morgan fingerprint density at radius 3 is 2.74 bits per heavy atom. The minimum Gasteiger partial charge on any atom is -0.305 e. The highest BCUT2D eigenvalue weighted by atomic mass is 15.3. The summed E-state index contributed by atoms with van der Waals surface area (Å²) in [5.41, 5.74) is 3.50. The standard InChI is InChI=1S/C14H23N5/c1-5-8-15-14(12-10-18(4)17-11(12)3)13-7-9-16-19(13)6-2/h7,9-10,14-15H,5-6,8H2,1-4H3. The van der Waals surface area contributed by atoms with E-state index in [9.17, 15) is 0 Å².